The maximum Gasteiger partial charge on any atom is 0.254 e. The Labute approximate surface area is 116 Å². The van der Waals surface area contributed by atoms with Crippen molar-refractivity contribution < 1.29 is 18.3 Å². The Morgan fingerprint density at radius 2 is 2.00 bits per heavy atom. The van der Waals surface area contributed by atoms with Gasteiger partial charge in [-0.3, -0.25) is 4.79 Å². The molecule has 2 rings (SSSR count). The average molecular weight is 284 g/mol. The van der Waals surface area contributed by atoms with E-state index in [0.717, 1.165) is 18.6 Å². The summed E-state index contributed by atoms with van der Waals surface area (Å²) in [6.45, 7) is 4.19. The normalized spacial score (nSPS) is 15.8. The summed E-state index contributed by atoms with van der Waals surface area (Å²) < 4.78 is 32.9. The van der Waals surface area contributed by atoms with Gasteiger partial charge in [-0.05, 0) is 25.5 Å². The van der Waals surface area contributed by atoms with E-state index in [1.54, 1.807) is 11.8 Å². The molecule has 1 N–H and O–H groups in total. The van der Waals surface area contributed by atoms with Crippen molar-refractivity contribution in [3.8, 4) is 0 Å². The summed E-state index contributed by atoms with van der Waals surface area (Å²) in [6, 6.07) is 2.16. The molecule has 1 saturated heterocycles. The minimum atomic E-state index is -0.749. The van der Waals surface area contributed by atoms with Crippen LogP contribution in [0.25, 0.3) is 0 Å². The monoisotopic (exact) mass is 284 g/mol. The van der Waals surface area contributed by atoms with Gasteiger partial charge in [0.05, 0.1) is 6.61 Å². The Morgan fingerprint density at radius 3 is 2.65 bits per heavy atom. The number of nitrogens with zero attached hydrogens (tertiary/aromatic N) is 1. The second-order valence-electron chi connectivity index (χ2n) is 4.60. The summed E-state index contributed by atoms with van der Waals surface area (Å²) >= 11 is 0. The first-order valence-corrected chi connectivity index (χ1v) is 6.73. The lowest BCUT2D eigenvalue weighted by Gasteiger charge is -2.20. The van der Waals surface area contributed by atoms with Crippen molar-refractivity contribution in [2.75, 3.05) is 38.2 Å². The first-order chi connectivity index (χ1) is 9.63. The summed E-state index contributed by atoms with van der Waals surface area (Å²) in [4.78, 5) is 13.8. The fourth-order valence-electron chi connectivity index (χ4n) is 2.17. The molecule has 0 radical (unpaired) electrons. The topological polar surface area (TPSA) is 41.6 Å². The molecular formula is C14H18F2N2O2. The number of ether oxygens (including phenoxy) is 1. The lowest BCUT2D eigenvalue weighted by atomic mass is 10.1. The van der Waals surface area contributed by atoms with Gasteiger partial charge in [0.2, 0.25) is 0 Å². The third kappa shape index (κ3) is 3.25. The Hall–Kier alpha value is -1.69. The van der Waals surface area contributed by atoms with Crippen molar-refractivity contribution in [3.63, 3.8) is 0 Å². The maximum atomic E-state index is 13.8. The van der Waals surface area contributed by atoms with Crippen molar-refractivity contribution in [2.24, 2.45) is 0 Å². The van der Waals surface area contributed by atoms with Crippen LogP contribution < -0.4 is 5.32 Å². The summed E-state index contributed by atoms with van der Waals surface area (Å²) in [5.41, 5.74) is -0.160. The number of anilines is 1. The van der Waals surface area contributed by atoms with Crippen molar-refractivity contribution >= 4 is 11.6 Å². The van der Waals surface area contributed by atoms with E-state index in [2.05, 4.69) is 5.32 Å². The van der Waals surface area contributed by atoms with Crippen LogP contribution in [-0.4, -0.2) is 43.7 Å². The minimum absolute atomic E-state index is 0.0311. The molecule has 1 aromatic carbocycles. The smallest absolute Gasteiger partial charge is 0.254 e. The fraction of sp³-hybridized carbons (Fsp3) is 0.500. The molecule has 1 aliphatic rings. The van der Waals surface area contributed by atoms with Gasteiger partial charge in [-0.25, -0.2) is 8.78 Å². The van der Waals surface area contributed by atoms with Crippen molar-refractivity contribution in [3.05, 3.63) is 29.3 Å². The van der Waals surface area contributed by atoms with E-state index in [4.69, 9.17) is 4.74 Å². The molecule has 110 valence electrons. The van der Waals surface area contributed by atoms with E-state index >= 15 is 0 Å². The molecule has 1 aliphatic heterocycles. The van der Waals surface area contributed by atoms with Gasteiger partial charge in [0.1, 0.15) is 17.3 Å². The highest BCUT2D eigenvalue weighted by molar-refractivity contribution is 5.94. The van der Waals surface area contributed by atoms with Crippen molar-refractivity contribution in [1.29, 1.82) is 0 Å². The highest BCUT2D eigenvalue weighted by Crippen LogP contribution is 2.21. The van der Waals surface area contributed by atoms with Gasteiger partial charge in [-0.2, -0.15) is 0 Å². The largest absolute Gasteiger partial charge is 0.381 e. The SMILES string of the molecule is CCNc1c(F)cc(C(=O)N2CCCOCC2)cc1F. The van der Waals surface area contributed by atoms with Crippen LogP contribution in [0, 0.1) is 11.6 Å². The molecule has 1 heterocycles. The number of hydrogen-bond donors (Lipinski definition) is 1. The van der Waals surface area contributed by atoms with Crippen LogP contribution in [0.2, 0.25) is 0 Å². The quantitative estimate of drug-likeness (QED) is 0.925. The van der Waals surface area contributed by atoms with E-state index in [1.807, 2.05) is 0 Å². The summed E-state index contributed by atoms with van der Waals surface area (Å²) in [7, 11) is 0. The zero-order chi connectivity index (χ0) is 14.5. The lowest BCUT2D eigenvalue weighted by Crippen LogP contribution is -2.33. The molecule has 6 heteroatoms. The molecule has 0 saturated carbocycles. The van der Waals surface area contributed by atoms with Crippen LogP contribution in [-0.2, 0) is 4.74 Å². The van der Waals surface area contributed by atoms with Crippen LogP contribution in [0.4, 0.5) is 14.5 Å². The Morgan fingerprint density at radius 1 is 1.30 bits per heavy atom. The summed E-state index contributed by atoms with van der Waals surface area (Å²) in [6.07, 6.45) is 0.728. The van der Waals surface area contributed by atoms with E-state index in [0.29, 0.717) is 32.8 Å². The van der Waals surface area contributed by atoms with Crippen LogP contribution in [0.5, 0.6) is 0 Å². The molecule has 0 aliphatic carbocycles. The third-order valence-electron chi connectivity index (χ3n) is 3.15. The van der Waals surface area contributed by atoms with Gasteiger partial charge >= 0.3 is 0 Å². The van der Waals surface area contributed by atoms with Gasteiger partial charge in [0.25, 0.3) is 5.91 Å². The number of halogens is 2. The van der Waals surface area contributed by atoms with Gasteiger partial charge < -0.3 is 15.0 Å². The van der Waals surface area contributed by atoms with E-state index in [9.17, 15) is 13.6 Å². The van der Waals surface area contributed by atoms with E-state index in [1.165, 1.54) is 0 Å². The predicted molar refractivity (Wildman–Crippen MR) is 71.9 cm³/mol. The van der Waals surface area contributed by atoms with Crippen LogP contribution in [0.15, 0.2) is 12.1 Å². The zero-order valence-corrected chi connectivity index (χ0v) is 11.4. The molecule has 20 heavy (non-hydrogen) atoms. The second-order valence-corrected chi connectivity index (χ2v) is 4.60. The number of rotatable bonds is 3. The number of hydrogen-bond acceptors (Lipinski definition) is 3. The Kier molecular flexibility index (Phi) is 4.89. The number of benzene rings is 1. The molecular weight excluding hydrogens is 266 g/mol. The number of carbonyl (C=O) groups excluding carboxylic acids is 1. The van der Waals surface area contributed by atoms with Gasteiger partial charge in [0.15, 0.2) is 0 Å². The standard InChI is InChI=1S/C14H18F2N2O2/c1-2-17-13-11(15)8-10(9-12(13)16)14(19)18-4-3-6-20-7-5-18/h8-9,17H,2-7H2,1H3. The predicted octanol–water partition coefficient (Wildman–Crippen LogP) is 2.26. The highest BCUT2D eigenvalue weighted by atomic mass is 19.1. The van der Waals surface area contributed by atoms with Gasteiger partial charge in [0, 0.05) is 31.8 Å². The van der Waals surface area contributed by atoms with Gasteiger partial charge in [-0.15, -0.1) is 0 Å². The number of carbonyl (C=O) groups is 1. The number of nitrogens with one attached hydrogen (secondary N) is 1. The summed E-state index contributed by atoms with van der Waals surface area (Å²) in [5, 5.41) is 2.60. The molecule has 0 aromatic heterocycles. The lowest BCUT2D eigenvalue weighted by molar-refractivity contribution is 0.0740. The molecule has 4 nitrogen and oxygen atoms in total. The van der Waals surface area contributed by atoms with Crippen LogP contribution >= 0.6 is 0 Å². The van der Waals surface area contributed by atoms with Crippen LogP contribution in [0.3, 0.4) is 0 Å². The summed E-state index contributed by atoms with van der Waals surface area (Å²) in [5.74, 6) is -1.86. The van der Waals surface area contributed by atoms with Crippen LogP contribution in [0.1, 0.15) is 23.7 Å². The highest BCUT2D eigenvalue weighted by Gasteiger charge is 2.20. The molecule has 0 atom stereocenters. The first-order valence-electron chi connectivity index (χ1n) is 6.73. The molecule has 1 amide bonds. The second kappa shape index (κ2) is 6.65. The van der Waals surface area contributed by atoms with E-state index < -0.39 is 11.6 Å². The minimum Gasteiger partial charge on any atom is -0.381 e. The van der Waals surface area contributed by atoms with Gasteiger partial charge in [-0.1, -0.05) is 0 Å². The number of amides is 1. The maximum absolute atomic E-state index is 13.8. The molecule has 0 unspecified atom stereocenters. The third-order valence-corrected chi connectivity index (χ3v) is 3.15. The first kappa shape index (κ1) is 14.7. The Bertz CT molecular complexity index is 463. The molecule has 0 bridgehead atoms. The molecule has 0 spiro atoms. The van der Waals surface area contributed by atoms with E-state index in [-0.39, 0.29) is 17.2 Å². The Balaban J connectivity index is 2.21. The van der Waals surface area contributed by atoms with Crippen molar-refractivity contribution in [1.82, 2.24) is 4.90 Å². The average Bonchev–Trinajstić information content (AvgIpc) is 2.70. The fourth-order valence-corrected chi connectivity index (χ4v) is 2.17. The van der Waals surface area contributed by atoms with Crippen molar-refractivity contribution in [2.45, 2.75) is 13.3 Å². The molecule has 1 aromatic rings. The molecule has 1 fully saturated rings. The zero-order valence-electron chi connectivity index (χ0n) is 11.4.